The van der Waals surface area contributed by atoms with E-state index in [1.807, 2.05) is 82.6 Å². The van der Waals surface area contributed by atoms with Crippen LogP contribution in [0.25, 0.3) is 0 Å². The molecule has 0 saturated heterocycles. The first-order valence-corrected chi connectivity index (χ1v) is 19.1. The van der Waals surface area contributed by atoms with Crippen molar-refractivity contribution < 1.29 is 19.1 Å². The zero-order valence-electron chi connectivity index (χ0n) is 30.8. The Morgan fingerprint density at radius 2 is 0.712 bits per heavy atom. The molecule has 0 aliphatic heterocycles. The molecule has 0 saturated carbocycles. The minimum Gasteiger partial charge on any atom is -0.445 e. The molecule has 2 N–H and O–H groups in total. The third-order valence-corrected chi connectivity index (χ3v) is 8.92. The van der Waals surface area contributed by atoms with E-state index in [4.69, 9.17) is 9.47 Å². The van der Waals surface area contributed by atoms with Crippen LogP contribution < -0.4 is 10.6 Å². The summed E-state index contributed by atoms with van der Waals surface area (Å²) < 4.78 is 11.4. The van der Waals surface area contributed by atoms with Gasteiger partial charge in [-0.05, 0) is 99.8 Å². The van der Waals surface area contributed by atoms with Gasteiger partial charge in [-0.2, -0.15) is 0 Å². The number of unbranched alkanes of at least 4 members (excludes halogenated alkanes) is 1. The summed E-state index contributed by atoms with van der Waals surface area (Å²) in [5.74, 6) is 0. The van der Waals surface area contributed by atoms with Gasteiger partial charge in [0, 0.05) is 26.2 Å². The molecule has 0 bridgehead atoms. The first-order valence-electron chi connectivity index (χ1n) is 19.1. The third kappa shape index (κ3) is 17.0. The molecule has 4 aromatic rings. The number of benzene rings is 4. The first kappa shape index (κ1) is 40.1. The van der Waals surface area contributed by atoms with E-state index < -0.39 is 0 Å². The number of nitrogens with one attached hydrogen (secondary N) is 2. The Bertz CT molecular complexity index is 1380. The molecule has 0 radical (unpaired) electrons. The van der Waals surface area contributed by atoms with Crippen LogP contribution in [0.4, 0.5) is 9.59 Å². The summed E-state index contributed by atoms with van der Waals surface area (Å²) in [6.45, 7) is 6.38. The molecule has 0 spiro atoms. The van der Waals surface area contributed by atoms with E-state index in [-0.39, 0.29) is 25.4 Å². The number of nitrogens with zero attached hydrogens (tertiary/aromatic N) is 2. The molecular weight excluding hydrogens is 649 g/mol. The lowest BCUT2D eigenvalue weighted by atomic mass is 10.1. The third-order valence-electron chi connectivity index (χ3n) is 8.92. The molecule has 0 heterocycles. The Balaban J connectivity index is 1.20. The highest BCUT2D eigenvalue weighted by atomic mass is 16.6. The van der Waals surface area contributed by atoms with Gasteiger partial charge in [0.05, 0.1) is 0 Å². The fraction of sp³-hybridized carbons (Fsp3) is 0.409. The maximum Gasteiger partial charge on any atom is 0.410 e. The van der Waals surface area contributed by atoms with Gasteiger partial charge in [-0.1, -0.05) is 121 Å². The minimum absolute atomic E-state index is 0.245. The summed E-state index contributed by atoms with van der Waals surface area (Å²) in [5, 5.41) is 7.05. The maximum atomic E-state index is 13.2. The Hall–Kier alpha value is -4.66. The van der Waals surface area contributed by atoms with Crippen molar-refractivity contribution in [2.75, 3.05) is 52.4 Å². The molecule has 0 aliphatic rings. The topological polar surface area (TPSA) is 83.1 Å². The number of hydrogen-bond donors (Lipinski definition) is 2. The van der Waals surface area contributed by atoms with E-state index in [9.17, 15) is 9.59 Å². The van der Waals surface area contributed by atoms with Gasteiger partial charge in [-0.25, -0.2) is 9.59 Å². The molecule has 2 amide bonds. The van der Waals surface area contributed by atoms with Gasteiger partial charge in [0.15, 0.2) is 0 Å². The summed E-state index contributed by atoms with van der Waals surface area (Å²) in [5.41, 5.74) is 4.63. The van der Waals surface area contributed by atoms with Crippen LogP contribution in [0.1, 0.15) is 60.8 Å². The standard InChI is InChI=1S/C44H58N4O4/c49-43(51-37-41-23-9-3-10-24-41)47(35-17-31-45-29-15-27-39-19-5-1-6-20-39)33-13-14-34-48(44(50)52-38-42-25-11-4-12-26-42)36-18-32-46-30-16-28-40-21-7-2-8-22-40/h1-12,19-26,45-46H,13-18,27-38H2. The van der Waals surface area contributed by atoms with Gasteiger partial charge >= 0.3 is 12.2 Å². The molecule has 0 unspecified atom stereocenters. The number of rotatable bonds is 25. The molecule has 8 nitrogen and oxygen atoms in total. The summed E-state index contributed by atoms with van der Waals surface area (Å²) in [6, 6.07) is 40.6. The van der Waals surface area contributed by atoms with Crippen LogP contribution in [-0.2, 0) is 35.5 Å². The van der Waals surface area contributed by atoms with E-state index in [0.717, 1.165) is 88.7 Å². The molecule has 4 aromatic carbocycles. The number of amides is 2. The van der Waals surface area contributed by atoms with Crippen molar-refractivity contribution >= 4 is 12.2 Å². The number of hydrogen-bond acceptors (Lipinski definition) is 6. The summed E-state index contributed by atoms with van der Waals surface area (Å²) >= 11 is 0. The Morgan fingerprint density at radius 3 is 1.08 bits per heavy atom. The van der Waals surface area contributed by atoms with Crippen molar-refractivity contribution in [1.82, 2.24) is 20.4 Å². The molecule has 278 valence electrons. The summed E-state index contributed by atoms with van der Waals surface area (Å²) in [7, 11) is 0. The van der Waals surface area contributed by atoms with Crippen molar-refractivity contribution in [2.24, 2.45) is 0 Å². The van der Waals surface area contributed by atoms with Gasteiger partial charge in [0.25, 0.3) is 0 Å². The fourth-order valence-electron chi connectivity index (χ4n) is 5.98. The van der Waals surface area contributed by atoms with Crippen LogP contribution in [0.3, 0.4) is 0 Å². The second-order valence-electron chi connectivity index (χ2n) is 13.1. The lowest BCUT2D eigenvalue weighted by Gasteiger charge is -2.25. The first-order chi connectivity index (χ1) is 25.7. The van der Waals surface area contributed by atoms with E-state index in [1.54, 1.807) is 0 Å². The van der Waals surface area contributed by atoms with Crippen LogP contribution in [0.2, 0.25) is 0 Å². The fourth-order valence-corrected chi connectivity index (χ4v) is 5.98. The molecule has 0 fully saturated rings. The Morgan fingerprint density at radius 1 is 0.404 bits per heavy atom. The average molecular weight is 707 g/mol. The monoisotopic (exact) mass is 706 g/mol. The van der Waals surface area contributed by atoms with Crippen molar-refractivity contribution in [3.8, 4) is 0 Å². The van der Waals surface area contributed by atoms with Crippen molar-refractivity contribution in [3.05, 3.63) is 144 Å². The normalized spacial score (nSPS) is 10.8. The molecule has 0 aliphatic carbocycles. The van der Waals surface area contributed by atoms with Gasteiger partial charge in [0.2, 0.25) is 0 Å². The van der Waals surface area contributed by atoms with E-state index >= 15 is 0 Å². The lowest BCUT2D eigenvalue weighted by Crippen LogP contribution is -2.37. The van der Waals surface area contributed by atoms with Gasteiger partial charge < -0.3 is 29.9 Å². The molecule has 8 heteroatoms. The van der Waals surface area contributed by atoms with Crippen LogP contribution in [0.15, 0.2) is 121 Å². The molecular formula is C44H58N4O4. The quantitative estimate of drug-likeness (QED) is 0.0676. The largest absolute Gasteiger partial charge is 0.445 e. The van der Waals surface area contributed by atoms with Crippen molar-refractivity contribution in [1.29, 1.82) is 0 Å². The van der Waals surface area contributed by atoms with Crippen molar-refractivity contribution in [3.63, 3.8) is 0 Å². The van der Waals surface area contributed by atoms with Crippen molar-refractivity contribution in [2.45, 2.75) is 64.6 Å². The van der Waals surface area contributed by atoms with E-state index in [0.29, 0.717) is 26.2 Å². The van der Waals surface area contributed by atoms with Crippen LogP contribution in [0, 0.1) is 0 Å². The number of aryl methyl sites for hydroxylation is 2. The van der Waals surface area contributed by atoms with Gasteiger partial charge in [-0.3, -0.25) is 0 Å². The summed E-state index contributed by atoms with van der Waals surface area (Å²) in [6.07, 6.45) is 6.82. The van der Waals surface area contributed by atoms with Gasteiger partial charge in [0.1, 0.15) is 13.2 Å². The Kier molecular flexibility index (Phi) is 19.5. The minimum atomic E-state index is -0.301. The number of carbonyl (C=O) groups is 2. The summed E-state index contributed by atoms with van der Waals surface area (Å²) in [4.78, 5) is 30.1. The van der Waals surface area contributed by atoms with E-state index in [1.165, 1.54) is 11.1 Å². The van der Waals surface area contributed by atoms with Crippen LogP contribution in [-0.4, -0.2) is 74.3 Å². The molecule has 52 heavy (non-hydrogen) atoms. The van der Waals surface area contributed by atoms with Gasteiger partial charge in [-0.15, -0.1) is 0 Å². The maximum absolute atomic E-state index is 13.2. The van der Waals surface area contributed by atoms with Crippen LogP contribution in [0.5, 0.6) is 0 Å². The predicted molar refractivity (Wildman–Crippen MR) is 210 cm³/mol. The Labute approximate surface area is 311 Å². The van der Waals surface area contributed by atoms with E-state index in [2.05, 4.69) is 59.2 Å². The highest BCUT2D eigenvalue weighted by Crippen LogP contribution is 2.09. The predicted octanol–water partition coefficient (Wildman–Crippen LogP) is 8.27. The highest BCUT2D eigenvalue weighted by Gasteiger charge is 2.17. The SMILES string of the molecule is O=C(OCc1ccccc1)N(CCCCN(CCCNCCCc1ccccc1)C(=O)OCc1ccccc1)CCCNCCCc1ccccc1. The molecule has 4 rings (SSSR count). The second kappa shape index (κ2) is 25.3. The molecule has 0 atom stereocenters. The number of ether oxygens (including phenoxy) is 2. The molecule has 0 aromatic heterocycles. The zero-order valence-corrected chi connectivity index (χ0v) is 30.8. The highest BCUT2D eigenvalue weighted by molar-refractivity contribution is 5.68. The average Bonchev–Trinajstić information content (AvgIpc) is 3.19. The lowest BCUT2D eigenvalue weighted by molar-refractivity contribution is 0.0895. The zero-order chi connectivity index (χ0) is 36.3. The second-order valence-corrected chi connectivity index (χ2v) is 13.1. The van der Waals surface area contributed by atoms with Crippen LogP contribution >= 0.6 is 0 Å². The number of carbonyl (C=O) groups excluding carboxylic acids is 2. The smallest absolute Gasteiger partial charge is 0.410 e.